The number of hydrogen-bond acceptors (Lipinski definition) is 4. The minimum Gasteiger partial charge on any atom is -0.393 e. The number of rotatable bonds is 9. The number of nitrogens with two attached hydrogens (primary N) is 1. The van der Waals surface area contributed by atoms with E-state index in [0.717, 1.165) is 0 Å². The lowest BCUT2D eigenvalue weighted by Crippen LogP contribution is -2.36. The first-order valence-electron chi connectivity index (χ1n) is 5.24. The Kier molecular flexibility index (Phi) is 9.07. The zero-order valence-electron chi connectivity index (χ0n) is 9.90. The van der Waals surface area contributed by atoms with Gasteiger partial charge in [-0.05, 0) is 6.92 Å². The zero-order valence-corrected chi connectivity index (χ0v) is 10.7. The third-order valence-electron chi connectivity index (χ3n) is 2.02. The summed E-state index contributed by atoms with van der Waals surface area (Å²) in [6.45, 7) is 4.09. The maximum atomic E-state index is 11.6. The zero-order chi connectivity index (χ0) is 12.4. The standard InChI is InChI=1S/C10H20N2O3S/c1-3-12(5-4-9(11)16)10(13)8-15-7-6-14-2/h3-8H2,1-2H3,(H2,11,16). The van der Waals surface area contributed by atoms with Crippen LogP contribution < -0.4 is 5.73 Å². The second-order valence-corrected chi connectivity index (χ2v) is 3.76. The molecule has 16 heavy (non-hydrogen) atoms. The molecule has 2 N–H and O–H groups in total. The molecule has 0 fully saturated rings. The molecule has 0 atom stereocenters. The Morgan fingerprint density at radius 2 is 2.12 bits per heavy atom. The topological polar surface area (TPSA) is 64.8 Å². The number of nitrogens with zero attached hydrogens (tertiary/aromatic N) is 1. The largest absolute Gasteiger partial charge is 0.393 e. The Morgan fingerprint density at radius 1 is 1.44 bits per heavy atom. The number of likely N-dealkylation sites (N-methyl/N-ethyl adjacent to an activating group) is 1. The highest BCUT2D eigenvalue weighted by Crippen LogP contribution is 1.94. The first kappa shape index (κ1) is 15.3. The first-order valence-corrected chi connectivity index (χ1v) is 5.65. The van der Waals surface area contributed by atoms with Crippen LogP contribution in [0.25, 0.3) is 0 Å². The summed E-state index contributed by atoms with van der Waals surface area (Å²) in [6.07, 6.45) is 0.549. The Bertz CT molecular complexity index is 224. The first-order chi connectivity index (χ1) is 7.61. The van der Waals surface area contributed by atoms with E-state index in [2.05, 4.69) is 0 Å². The Hall–Kier alpha value is -0.720. The van der Waals surface area contributed by atoms with Crippen LogP contribution in [0.5, 0.6) is 0 Å². The molecule has 0 aliphatic carbocycles. The van der Waals surface area contributed by atoms with Crippen molar-refractivity contribution in [2.75, 3.05) is 40.0 Å². The van der Waals surface area contributed by atoms with E-state index in [1.807, 2.05) is 6.92 Å². The van der Waals surface area contributed by atoms with Crippen molar-refractivity contribution in [2.24, 2.45) is 5.73 Å². The molecule has 0 saturated heterocycles. The van der Waals surface area contributed by atoms with E-state index in [4.69, 9.17) is 27.4 Å². The quantitative estimate of drug-likeness (QED) is 0.465. The van der Waals surface area contributed by atoms with Crippen LogP contribution in [0.1, 0.15) is 13.3 Å². The van der Waals surface area contributed by atoms with Gasteiger partial charge in [-0.25, -0.2) is 0 Å². The lowest BCUT2D eigenvalue weighted by molar-refractivity contribution is -0.136. The molecule has 0 bridgehead atoms. The molecule has 0 rings (SSSR count). The summed E-state index contributed by atoms with van der Waals surface area (Å²) in [6, 6.07) is 0. The summed E-state index contributed by atoms with van der Waals surface area (Å²) < 4.78 is 9.95. The number of ether oxygens (including phenoxy) is 2. The molecule has 0 radical (unpaired) electrons. The predicted molar refractivity (Wildman–Crippen MR) is 66.4 cm³/mol. The molecule has 6 heteroatoms. The smallest absolute Gasteiger partial charge is 0.248 e. The number of methoxy groups -OCH3 is 1. The summed E-state index contributed by atoms with van der Waals surface area (Å²) >= 11 is 4.76. The Morgan fingerprint density at radius 3 is 2.62 bits per heavy atom. The maximum Gasteiger partial charge on any atom is 0.248 e. The molecule has 0 unspecified atom stereocenters. The van der Waals surface area contributed by atoms with Gasteiger partial charge in [0.1, 0.15) is 6.61 Å². The fourth-order valence-corrected chi connectivity index (χ4v) is 1.19. The van der Waals surface area contributed by atoms with E-state index in [9.17, 15) is 4.79 Å². The number of hydrogen-bond donors (Lipinski definition) is 1. The summed E-state index contributed by atoms with van der Waals surface area (Å²) in [5.74, 6) is -0.0464. The lowest BCUT2D eigenvalue weighted by atomic mass is 10.3. The van der Waals surface area contributed by atoms with Crippen molar-refractivity contribution in [1.82, 2.24) is 4.90 Å². The van der Waals surface area contributed by atoms with Crippen molar-refractivity contribution < 1.29 is 14.3 Å². The van der Waals surface area contributed by atoms with E-state index >= 15 is 0 Å². The fourth-order valence-electron chi connectivity index (χ4n) is 1.10. The average Bonchev–Trinajstić information content (AvgIpc) is 2.25. The molecule has 5 nitrogen and oxygen atoms in total. The van der Waals surface area contributed by atoms with E-state index in [1.54, 1.807) is 12.0 Å². The number of carbonyl (C=O) groups is 1. The van der Waals surface area contributed by atoms with Crippen molar-refractivity contribution in [3.05, 3.63) is 0 Å². The van der Waals surface area contributed by atoms with Gasteiger partial charge in [0.2, 0.25) is 5.91 Å². The molecule has 0 aliphatic rings. The third-order valence-corrected chi connectivity index (χ3v) is 2.22. The van der Waals surface area contributed by atoms with Gasteiger partial charge in [0.05, 0.1) is 18.2 Å². The Labute approximate surface area is 102 Å². The second-order valence-electron chi connectivity index (χ2n) is 3.24. The lowest BCUT2D eigenvalue weighted by Gasteiger charge is -2.20. The fraction of sp³-hybridized carbons (Fsp3) is 0.800. The van der Waals surface area contributed by atoms with Crippen LogP contribution in [0.4, 0.5) is 0 Å². The summed E-state index contributed by atoms with van der Waals surface area (Å²) in [7, 11) is 1.59. The van der Waals surface area contributed by atoms with Crippen LogP contribution >= 0.6 is 12.2 Å². The molecular formula is C10H20N2O3S. The van der Waals surface area contributed by atoms with Crippen LogP contribution in [0, 0.1) is 0 Å². The molecule has 0 aliphatic heterocycles. The molecule has 0 aromatic rings. The molecule has 94 valence electrons. The van der Waals surface area contributed by atoms with Crippen molar-refractivity contribution in [1.29, 1.82) is 0 Å². The SMILES string of the molecule is CCN(CCC(N)=S)C(=O)COCCOC. The summed E-state index contributed by atoms with van der Waals surface area (Å²) in [5.41, 5.74) is 5.38. The van der Waals surface area contributed by atoms with Crippen molar-refractivity contribution in [2.45, 2.75) is 13.3 Å². The van der Waals surface area contributed by atoms with E-state index in [0.29, 0.717) is 37.7 Å². The number of amides is 1. The van der Waals surface area contributed by atoms with Gasteiger partial charge in [0, 0.05) is 26.6 Å². The van der Waals surface area contributed by atoms with Crippen LogP contribution in [0.2, 0.25) is 0 Å². The minimum absolute atomic E-state index is 0.0464. The number of thiocarbonyl (C=S) groups is 1. The van der Waals surface area contributed by atoms with E-state index < -0.39 is 0 Å². The molecule has 0 heterocycles. The minimum atomic E-state index is -0.0464. The normalized spacial score (nSPS) is 10.1. The molecule has 0 saturated carbocycles. The highest BCUT2D eigenvalue weighted by molar-refractivity contribution is 7.80. The van der Waals surface area contributed by atoms with Gasteiger partial charge in [-0.15, -0.1) is 0 Å². The number of carbonyl (C=O) groups excluding carboxylic acids is 1. The van der Waals surface area contributed by atoms with Crippen molar-refractivity contribution >= 4 is 23.1 Å². The summed E-state index contributed by atoms with van der Waals surface area (Å²) in [4.78, 5) is 13.7. The maximum absolute atomic E-state index is 11.6. The van der Waals surface area contributed by atoms with Gasteiger partial charge in [0.25, 0.3) is 0 Å². The average molecular weight is 248 g/mol. The predicted octanol–water partition coefficient (Wildman–Crippen LogP) is 0.174. The highest BCUT2D eigenvalue weighted by Gasteiger charge is 2.11. The van der Waals surface area contributed by atoms with Gasteiger partial charge >= 0.3 is 0 Å². The van der Waals surface area contributed by atoms with Gasteiger partial charge in [-0.1, -0.05) is 12.2 Å². The van der Waals surface area contributed by atoms with E-state index in [-0.39, 0.29) is 12.5 Å². The van der Waals surface area contributed by atoms with Crippen molar-refractivity contribution in [3.63, 3.8) is 0 Å². The highest BCUT2D eigenvalue weighted by atomic mass is 32.1. The van der Waals surface area contributed by atoms with Crippen LogP contribution in [0.15, 0.2) is 0 Å². The summed E-state index contributed by atoms with van der Waals surface area (Å²) in [5, 5.41) is 0. The molecule has 0 spiro atoms. The molecule has 1 amide bonds. The molecule has 0 aromatic carbocycles. The van der Waals surface area contributed by atoms with Crippen LogP contribution in [-0.2, 0) is 14.3 Å². The van der Waals surface area contributed by atoms with Gasteiger partial charge < -0.3 is 20.1 Å². The van der Waals surface area contributed by atoms with Gasteiger partial charge in [-0.2, -0.15) is 0 Å². The van der Waals surface area contributed by atoms with Crippen LogP contribution in [0.3, 0.4) is 0 Å². The van der Waals surface area contributed by atoms with Gasteiger partial charge in [0.15, 0.2) is 0 Å². The Balaban J connectivity index is 3.77. The molecule has 0 aromatic heterocycles. The second kappa shape index (κ2) is 9.50. The van der Waals surface area contributed by atoms with E-state index in [1.165, 1.54) is 0 Å². The van der Waals surface area contributed by atoms with Crippen LogP contribution in [-0.4, -0.2) is 55.8 Å². The third kappa shape index (κ3) is 7.56. The van der Waals surface area contributed by atoms with Gasteiger partial charge in [-0.3, -0.25) is 4.79 Å². The monoisotopic (exact) mass is 248 g/mol. The molecular weight excluding hydrogens is 228 g/mol. The van der Waals surface area contributed by atoms with Crippen molar-refractivity contribution in [3.8, 4) is 0 Å².